The molecule has 0 spiro atoms. The molecule has 0 aliphatic heterocycles. The Morgan fingerprint density at radius 1 is 0.582 bits per heavy atom. The molecule has 2 aliphatic rings. The highest BCUT2D eigenvalue weighted by Gasteiger charge is 2.34. The molecule has 0 saturated heterocycles. The summed E-state index contributed by atoms with van der Waals surface area (Å²) < 4.78 is 61.3. The molecule has 14 heteroatoms. The molecule has 1 N–H and O–H groups in total. The second-order valence-corrected chi connectivity index (χ2v) is 18.4. The highest BCUT2D eigenvalue weighted by Crippen LogP contribution is 2.32. The fraction of sp³-hybridized carbons (Fsp3) is 0.366. The van der Waals surface area contributed by atoms with Crippen LogP contribution in [0.25, 0.3) is 0 Å². The molecule has 0 unspecified atom stereocenters. The molecule has 0 atom stereocenters. The van der Waals surface area contributed by atoms with Crippen LogP contribution in [-0.2, 0) is 37.9 Å². The lowest BCUT2D eigenvalue weighted by atomic mass is 9.95. The van der Waals surface area contributed by atoms with E-state index >= 15 is 0 Å². The first kappa shape index (κ1) is 42.4. The molecular weight excluding hydrogens is 783 g/mol. The van der Waals surface area contributed by atoms with Crippen molar-refractivity contribution in [2.45, 2.75) is 99.2 Å². The average Bonchev–Trinajstić information content (AvgIpc) is 3.20. The molecular formula is C41H46Cl2N2O8S2. The third kappa shape index (κ3) is 11.2. The summed E-state index contributed by atoms with van der Waals surface area (Å²) in [5, 5.41) is 10.0. The maximum atomic E-state index is 13.4. The lowest BCUT2D eigenvalue weighted by Gasteiger charge is -2.33. The van der Waals surface area contributed by atoms with Gasteiger partial charge < -0.3 is 9.84 Å². The highest BCUT2D eigenvalue weighted by atomic mass is 35.5. The molecule has 2 fully saturated rings. The molecule has 294 valence electrons. The van der Waals surface area contributed by atoms with E-state index in [0.29, 0.717) is 15.6 Å². The lowest BCUT2D eigenvalue weighted by molar-refractivity contribution is 0.0599. The number of benzene rings is 4. The van der Waals surface area contributed by atoms with Crippen LogP contribution in [0.15, 0.2) is 107 Å². The number of rotatable bonds is 12. The average molecular weight is 830 g/mol. The van der Waals surface area contributed by atoms with Crippen molar-refractivity contribution >= 4 is 55.2 Å². The van der Waals surface area contributed by atoms with E-state index in [9.17, 15) is 26.4 Å². The van der Waals surface area contributed by atoms with E-state index in [0.717, 1.165) is 75.3 Å². The van der Waals surface area contributed by atoms with Crippen LogP contribution in [0.1, 0.15) is 96.1 Å². The zero-order valence-electron chi connectivity index (χ0n) is 30.6. The van der Waals surface area contributed by atoms with Crippen LogP contribution >= 0.6 is 23.2 Å². The Labute approximate surface area is 334 Å². The van der Waals surface area contributed by atoms with Gasteiger partial charge in [0.15, 0.2) is 0 Å². The van der Waals surface area contributed by atoms with Crippen LogP contribution in [0, 0.1) is 0 Å². The number of carboxylic acids is 1. The van der Waals surface area contributed by atoms with Crippen molar-refractivity contribution in [2.75, 3.05) is 7.11 Å². The van der Waals surface area contributed by atoms with E-state index in [1.807, 2.05) is 0 Å². The number of nitrogens with zero attached hydrogens (tertiary/aromatic N) is 2. The van der Waals surface area contributed by atoms with Gasteiger partial charge >= 0.3 is 11.9 Å². The topological polar surface area (TPSA) is 138 Å². The number of carbonyl (C=O) groups excluding carboxylic acids is 1. The van der Waals surface area contributed by atoms with Crippen molar-refractivity contribution in [1.82, 2.24) is 8.61 Å². The first-order valence-electron chi connectivity index (χ1n) is 18.3. The van der Waals surface area contributed by atoms with E-state index in [-0.39, 0.29) is 40.5 Å². The summed E-state index contributed by atoms with van der Waals surface area (Å²) in [7, 11) is -6.01. The van der Waals surface area contributed by atoms with Gasteiger partial charge in [-0.1, -0.05) is 86.0 Å². The Hall–Kier alpha value is -3.78. The Kier molecular flexibility index (Phi) is 14.9. The molecule has 0 aromatic heterocycles. The SMILES string of the molecule is COC(=O)c1ccc(CN(C2CCCCC2)S(=O)(=O)c2ccc(Cl)cc2)cc1.O=C(O)c1ccc(CN(C2CCCCC2)S(=O)(=O)c2ccc(Cl)cc2)cc1. The maximum absolute atomic E-state index is 13.4. The van der Waals surface area contributed by atoms with Gasteiger partial charge in [-0.2, -0.15) is 8.61 Å². The minimum absolute atomic E-state index is 0.0327. The van der Waals surface area contributed by atoms with E-state index in [2.05, 4.69) is 0 Å². The summed E-state index contributed by atoms with van der Waals surface area (Å²) in [4.78, 5) is 23.1. The van der Waals surface area contributed by atoms with Gasteiger partial charge in [-0.25, -0.2) is 26.4 Å². The van der Waals surface area contributed by atoms with Gasteiger partial charge in [-0.05, 0) is 110 Å². The molecule has 2 saturated carbocycles. The Bertz CT molecular complexity index is 2100. The lowest BCUT2D eigenvalue weighted by Crippen LogP contribution is -2.40. The fourth-order valence-electron chi connectivity index (χ4n) is 7.02. The first-order valence-corrected chi connectivity index (χ1v) is 22.0. The summed E-state index contributed by atoms with van der Waals surface area (Å²) in [5.41, 5.74) is 2.22. The third-order valence-electron chi connectivity index (χ3n) is 10.1. The van der Waals surface area contributed by atoms with E-state index in [1.54, 1.807) is 81.4 Å². The fourth-order valence-corrected chi connectivity index (χ4v) is 10.6. The Morgan fingerprint density at radius 2 is 0.927 bits per heavy atom. The molecule has 0 bridgehead atoms. The minimum Gasteiger partial charge on any atom is -0.478 e. The summed E-state index contributed by atoms with van der Waals surface area (Å²) in [6.45, 7) is 0.479. The largest absolute Gasteiger partial charge is 0.478 e. The molecule has 0 heterocycles. The molecule has 0 radical (unpaired) electrons. The predicted molar refractivity (Wildman–Crippen MR) is 213 cm³/mol. The Morgan fingerprint density at radius 3 is 1.25 bits per heavy atom. The molecule has 4 aromatic rings. The van der Waals surface area contributed by atoms with Gasteiger partial charge in [0.05, 0.1) is 28.0 Å². The highest BCUT2D eigenvalue weighted by molar-refractivity contribution is 7.89. The maximum Gasteiger partial charge on any atom is 0.337 e. The zero-order chi connectivity index (χ0) is 39.6. The zero-order valence-corrected chi connectivity index (χ0v) is 33.8. The normalized spacial score (nSPS) is 15.7. The smallest absolute Gasteiger partial charge is 0.337 e. The van der Waals surface area contributed by atoms with Gasteiger partial charge in [0, 0.05) is 35.2 Å². The van der Waals surface area contributed by atoms with Crippen LogP contribution in [0.5, 0.6) is 0 Å². The van der Waals surface area contributed by atoms with Crippen LogP contribution in [0.3, 0.4) is 0 Å². The monoisotopic (exact) mass is 828 g/mol. The Balaban J connectivity index is 0.000000211. The van der Waals surface area contributed by atoms with E-state index in [4.69, 9.17) is 33.0 Å². The summed E-state index contributed by atoms with van der Waals surface area (Å²) >= 11 is 11.8. The number of carboxylic acid groups (broad SMARTS) is 1. The number of methoxy groups -OCH3 is 1. The number of hydrogen-bond donors (Lipinski definition) is 1. The third-order valence-corrected chi connectivity index (χ3v) is 14.4. The molecule has 55 heavy (non-hydrogen) atoms. The summed E-state index contributed by atoms with van der Waals surface area (Å²) in [6.07, 6.45) is 9.71. The second-order valence-electron chi connectivity index (χ2n) is 13.8. The van der Waals surface area contributed by atoms with E-state index in [1.165, 1.54) is 31.4 Å². The van der Waals surface area contributed by atoms with E-state index < -0.39 is 32.0 Å². The molecule has 0 amide bonds. The second kappa shape index (κ2) is 19.4. The van der Waals surface area contributed by atoms with Crippen LogP contribution < -0.4 is 0 Å². The van der Waals surface area contributed by atoms with Crippen LogP contribution in [0.4, 0.5) is 0 Å². The number of sulfonamides is 2. The number of aromatic carboxylic acids is 1. The number of carbonyl (C=O) groups is 2. The van der Waals surface area contributed by atoms with Crippen molar-refractivity contribution in [2.24, 2.45) is 0 Å². The quantitative estimate of drug-likeness (QED) is 0.140. The molecule has 6 rings (SSSR count). The van der Waals surface area contributed by atoms with Gasteiger partial charge in [0.2, 0.25) is 20.0 Å². The molecule has 2 aliphatic carbocycles. The number of ether oxygens (including phenoxy) is 1. The van der Waals surface area contributed by atoms with Gasteiger partial charge in [0.1, 0.15) is 0 Å². The summed E-state index contributed by atoms with van der Waals surface area (Å²) in [6, 6.07) is 25.7. The van der Waals surface area contributed by atoms with Crippen molar-refractivity contribution < 1.29 is 36.3 Å². The number of esters is 1. The van der Waals surface area contributed by atoms with Crippen molar-refractivity contribution in [1.29, 1.82) is 0 Å². The van der Waals surface area contributed by atoms with Gasteiger partial charge in [-0.15, -0.1) is 0 Å². The first-order chi connectivity index (χ1) is 26.3. The standard InChI is InChI=1S/C21H24ClNO4S.C20H22ClNO4S/c1-27-21(24)17-9-7-16(8-10-17)15-23(19-5-3-2-4-6-19)28(25,26)20-13-11-18(22)12-14-20;21-17-10-12-19(13-11-17)27(25,26)22(18-4-2-1-3-5-18)14-15-6-8-16(9-7-15)20(23)24/h7-14,19H,2-6,15H2,1H3;6-13,18H,1-5,14H2,(H,23,24). The molecule has 4 aromatic carbocycles. The van der Waals surface area contributed by atoms with Crippen LogP contribution in [-0.4, -0.2) is 61.7 Å². The number of hydrogen-bond acceptors (Lipinski definition) is 7. The predicted octanol–water partition coefficient (Wildman–Crippen LogP) is 9.21. The van der Waals surface area contributed by atoms with Crippen molar-refractivity contribution in [3.8, 4) is 0 Å². The molecule has 10 nitrogen and oxygen atoms in total. The van der Waals surface area contributed by atoms with Gasteiger partial charge in [0.25, 0.3) is 0 Å². The van der Waals surface area contributed by atoms with Crippen molar-refractivity contribution in [3.63, 3.8) is 0 Å². The summed E-state index contributed by atoms with van der Waals surface area (Å²) in [5.74, 6) is -1.41. The van der Waals surface area contributed by atoms with Gasteiger partial charge in [-0.3, -0.25) is 0 Å². The number of halogens is 2. The van der Waals surface area contributed by atoms with Crippen LogP contribution in [0.2, 0.25) is 10.0 Å². The minimum atomic E-state index is -3.68. The van der Waals surface area contributed by atoms with Crippen molar-refractivity contribution in [3.05, 3.63) is 129 Å².